The first-order valence-electron chi connectivity index (χ1n) is 6.76. The number of benzene rings is 2. The van der Waals surface area contributed by atoms with Gasteiger partial charge in [0.05, 0.1) is 6.61 Å². The van der Waals surface area contributed by atoms with Crippen LogP contribution in [0.25, 0.3) is 10.8 Å². The lowest BCUT2D eigenvalue weighted by Gasteiger charge is -2.12. The van der Waals surface area contributed by atoms with E-state index in [1.54, 1.807) is 0 Å². The van der Waals surface area contributed by atoms with Crippen LogP contribution in [0.2, 0.25) is 0 Å². The van der Waals surface area contributed by atoms with Gasteiger partial charge in [-0.15, -0.1) is 0 Å². The van der Waals surface area contributed by atoms with Crippen molar-refractivity contribution in [1.82, 2.24) is 0 Å². The minimum absolute atomic E-state index is 0.0255. The smallest absolute Gasteiger partial charge is 0.295 e. The second-order valence-electron chi connectivity index (χ2n) is 5.05. The number of hydrogen-bond donors (Lipinski definition) is 3. The molecule has 0 amide bonds. The van der Waals surface area contributed by atoms with Crippen LogP contribution >= 0.6 is 0 Å². The average Bonchev–Trinajstić information content (AvgIpc) is 2.48. The number of fused-ring (bicyclic) bond motifs is 1. The van der Waals surface area contributed by atoms with Gasteiger partial charge in [-0.05, 0) is 18.2 Å². The lowest BCUT2D eigenvalue weighted by atomic mass is 10.1. The van der Waals surface area contributed by atoms with Crippen molar-refractivity contribution < 1.29 is 39.1 Å². The Balaban J connectivity index is 2.74. The molecule has 0 aliphatic rings. The quantitative estimate of drug-likeness (QED) is 0.254. The molecule has 2 aromatic rings. The fourth-order valence-corrected chi connectivity index (χ4v) is 3.96. The maximum atomic E-state index is 11.7. The van der Waals surface area contributed by atoms with E-state index < -0.39 is 40.3 Å². The summed E-state index contributed by atoms with van der Waals surface area (Å²) in [4.78, 5) is -1.35. The molecule has 0 unspecified atom stereocenters. The van der Waals surface area contributed by atoms with Crippen molar-refractivity contribution in [2.24, 2.45) is 0 Å². The summed E-state index contributed by atoms with van der Waals surface area (Å²) in [7, 11) is -12.0. The Morgan fingerprint density at radius 1 is 0.962 bits per heavy atom. The molecule has 0 bridgehead atoms. The molecule has 0 fully saturated rings. The van der Waals surface area contributed by atoms with Crippen molar-refractivity contribution in [2.75, 3.05) is 12.3 Å². The summed E-state index contributed by atoms with van der Waals surface area (Å²) in [6.07, 6.45) is -0.0255. The van der Waals surface area contributed by atoms with Gasteiger partial charge in [0, 0.05) is 34.3 Å². The summed E-state index contributed by atoms with van der Waals surface area (Å²) in [6.45, 7) is -0.166. The van der Waals surface area contributed by atoms with Crippen LogP contribution in [0.15, 0.2) is 34.1 Å². The zero-order valence-corrected chi connectivity index (χ0v) is 15.3. The Labute approximate surface area is 150 Å². The second kappa shape index (κ2) is 7.20. The third-order valence-electron chi connectivity index (χ3n) is 3.19. The van der Waals surface area contributed by atoms with Gasteiger partial charge in [0.15, 0.2) is 0 Å². The third kappa shape index (κ3) is 4.70. The van der Waals surface area contributed by atoms with Crippen LogP contribution in [0.5, 0.6) is 5.75 Å². The maximum Gasteiger partial charge on any atom is 0.295 e. The fourth-order valence-electron chi connectivity index (χ4n) is 2.22. The molecule has 0 aliphatic carbocycles. The molecule has 0 heterocycles. The summed E-state index contributed by atoms with van der Waals surface area (Å²) in [6, 6.07) is 4.09. The highest BCUT2D eigenvalue weighted by molar-refractivity contribution is 7.86. The van der Waals surface area contributed by atoms with Gasteiger partial charge in [0.2, 0.25) is 10.3 Å². The first-order valence-corrected chi connectivity index (χ1v) is 10.8. The minimum Gasteiger partial charge on any atom is -0.493 e. The summed E-state index contributed by atoms with van der Waals surface area (Å²) < 4.78 is 91.3. The summed E-state index contributed by atoms with van der Waals surface area (Å²) in [5, 5.41) is 0.428. The van der Waals surface area contributed by atoms with E-state index in [-0.39, 0.29) is 35.2 Å². The number of nitrogens with two attached hydrogens (primary N) is 1. The number of ether oxygens (including phenoxy) is 1. The molecule has 0 aromatic heterocycles. The molecule has 0 spiro atoms. The van der Waals surface area contributed by atoms with E-state index >= 15 is 0 Å². The van der Waals surface area contributed by atoms with E-state index in [0.29, 0.717) is 0 Å². The number of rotatable bonds is 6. The van der Waals surface area contributed by atoms with E-state index in [1.165, 1.54) is 0 Å². The fraction of sp³-hybridized carbons (Fsp3) is 0.154. The highest BCUT2D eigenvalue weighted by Crippen LogP contribution is 2.34. The molecule has 2 rings (SSSR count). The summed E-state index contributed by atoms with van der Waals surface area (Å²) in [5.41, 5.74) is 5.40. The normalized spacial score (nSPS) is 12.1. The van der Waals surface area contributed by atoms with Crippen molar-refractivity contribution in [1.29, 1.82) is 0 Å². The lowest BCUT2D eigenvalue weighted by molar-refractivity contribution is 0.330. The van der Waals surface area contributed by atoms with Gasteiger partial charge in [0.25, 0.3) is 20.2 Å². The molecule has 0 atom stereocenters. The van der Waals surface area contributed by atoms with Crippen LogP contribution in [0.1, 0.15) is 6.42 Å². The van der Waals surface area contributed by atoms with E-state index in [0.717, 1.165) is 29.6 Å². The first kappa shape index (κ1) is 20.1. The van der Waals surface area contributed by atoms with Gasteiger partial charge < -0.3 is 10.5 Å². The highest BCUT2D eigenvalue weighted by atomic mass is 32.2. The SMILES string of the molecule is Nc1cc(S(=O)(=O)O)c2cc(OCCC=S(=O)=O)cc(S(=O)(=O)O)c2c1. The molecule has 0 aliphatic heterocycles. The molecule has 2 aromatic carbocycles. The predicted molar refractivity (Wildman–Crippen MR) is 93.1 cm³/mol. The minimum atomic E-state index is -4.79. The Morgan fingerprint density at radius 2 is 1.50 bits per heavy atom. The van der Waals surface area contributed by atoms with Crippen molar-refractivity contribution in [3.8, 4) is 5.75 Å². The molecule has 0 saturated carbocycles. The number of nitrogen functional groups attached to an aromatic ring is 1. The lowest BCUT2D eigenvalue weighted by Crippen LogP contribution is -2.06. The number of hydrogen-bond acceptors (Lipinski definition) is 8. The van der Waals surface area contributed by atoms with Crippen LogP contribution in [0, 0.1) is 0 Å². The zero-order valence-electron chi connectivity index (χ0n) is 12.9. The van der Waals surface area contributed by atoms with E-state index in [1.807, 2.05) is 0 Å². The molecule has 10 nitrogen and oxygen atoms in total. The van der Waals surface area contributed by atoms with Gasteiger partial charge in [-0.25, -0.2) is 0 Å². The van der Waals surface area contributed by atoms with Gasteiger partial charge >= 0.3 is 0 Å². The first-order chi connectivity index (χ1) is 11.9. The van der Waals surface area contributed by atoms with Gasteiger partial charge in [-0.2, -0.15) is 25.3 Å². The molecule has 142 valence electrons. The largest absolute Gasteiger partial charge is 0.493 e. The van der Waals surface area contributed by atoms with Crippen LogP contribution in [-0.2, 0) is 30.5 Å². The van der Waals surface area contributed by atoms with Crippen molar-refractivity contribution in [3.63, 3.8) is 0 Å². The molecule has 26 heavy (non-hydrogen) atoms. The van der Waals surface area contributed by atoms with Crippen LogP contribution < -0.4 is 10.5 Å². The van der Waals surface area contributed by atoms with Crippen molar-refractivity contribution in [3.05, 3.63) is 24.3 Å². The molecule has 0 radical (unpaired) electrons. The van der Waals surface area contributed by atoms with Gasteiger partial charge in [0.1, 0.15) is 15.5 Å². The molecule has 13 heteroatoms. The van der Waals surface area contributed by atoms with Crippen LogP contribution in [0.3, 0.4) is 0 Å². The topological polar surface area (TPSA) is 178 Å². The summed E-state index contributed by atoms with van der Waals surface area (Å²) in [5.74, 6) is -0.162. The van der Waals surface area contributed by atoms with Crippen LogP contribution in [0.4, 0.5) is 5.69 Å². The van der Waals surface area contributed by atoms with E-state index in [9.17, 15) is 34.4 Å². The molecular formula is C13H13NO9S3. The monoisotopic (exact) mass is 423 g/mol. The van der Waals surface area contributed by atoms with Crippen molar-refractivity contribution >= 4 is 52.4 Å². The Bertz CT molecular complexity index is 1210. The van der Waals surface area contributed by atoms with E-state index in [2.05, 4.69) is 0 Å². The third-order valence-corrected chi connectivity index (χ3v) is 5.48. The van der Waals surface area contributed by atoms with Crippen molar-refractivity contribution in [2.45, 2.75) is 16.2 Å². The standard InChI is InChI=1S/C13H13NO9S3/c14-8-4-10-11(12(5-8)25(17,18)19)6-9(7-13(10)26(20,21)22)23-2-1-3-24(15)16/h3-7H,1-2,14H2,(H,17,18,19)(H,20,21,22). The van der Waals surface area contributed by atoms with E-state index in [4.69, 9.17) is 10.5 Å². The average molecular weight is 423 g/mol. The Morgan fingerprint density at radius 3 is 2.04 bits per heavy atom. The Kier molecular flexibility index (Phi) is 5.58. The maximum absolute atomic E-state index is 11.7. The summed E-state index contributed by atoms with van der Waals surface area (Å²) >= 11 is 0. The molecule has 0 saturated heterocycles. The Hall–Kier alpha value is -2.19. The highest BCUT2D eigenvalue weighted by Gasteiger charge is 2.22. The zero-order chi connectivity index (χ0) is 19.7. The molecular weight excluding hydrogens is 410 g/mol. The number of anilines is 1. The van der Waals surface area contributed by atoms with Crippen LogP contribution in [-0.4, -0.2) is 46.3 Å². The predicted octanol–water partition coefficient (Wildman–Crippen LogP) is 0.366. The second-order valence-corrected chi connectivity index (χ2v) is 8.68. The van der Waals surface area contributed by atoms with Gasteiger partial charge in [-0.3, -0.25) is 9.11 Å². The molecule has 4 N–H and O–H groups in total. The van der Waals surface area contributed by atoms with Gasteiger partial charge in [-0.1, -0.05) is 0 Å².